The lowest BCUT2D eigenvalue weighted by Crippen LogP contribution is -2.30. The van der Waals surface area contributed by atoms with Crippen molar-refractivity contribution in [2.75, 3.05) is 18.9 Å². The predicted molar refractivity (Wildman–Crippen MR) is 83.2 cm³/mol. The second-order valence-electron chi connectivity index (χ2n) is 5.25. The first-order chi connectivity index (χ1) is 10.3. The van der Waals surface area contributed by atoms with Crippen LogP contribution in [-0.2, 0) is 0 Å². The number of likely N-dealkylation sites (tertiary alicyclic amines) is 1. The van der Waals surface area contributed by atoms with Crippen molar-refractivity contribution in [2.45, 2.75) is 18.9 Å². The van der Waals surface area contributed by atoms with E-state index in [-0.39, 0.29) is 11.9 Å². The second-order valence-corrected chi connectivity index (χ2v) is 5.25. The summed E-state index contributed by atoms with van der Waals surface area (Å²) in [4.78, 5) is 18.9. The number of nitrogens with one attached hydrogen (secondary N) is 1. The number of pyridine rings is 1. The van der Waals surface area contributed by atoms with Gasteiger partial charge in [0.1, 0.15) is 5.82 Å². The number of nitrogens with zero attached hydrogens (tertiary/aromatic N) is 2. The molecular weight excluding hydrogens is 262 g/mol. The molecule has 1 aliphatic heterocycles. The van der Waals surface area contributed by atoms with Crippen LogP contribution in [-0.4, -0.2) is 29.4 Å². The van der Waals surface area contributed by atoms with Crippen LogP contribution < -0.4 is 5.32 Å². The van der Waals surface area contributed by atoms with E-state index < -0.39 is 0 Å². The molecule has 21 heavy (non-hydrogen) atoms. The predicted octanol–water partition coefficient (Wildman–Crippen LogP) is 3.10. The molecule has 0 spiro atoms. The maximum Gasteiger partial charge on any atom is 0.254 e. The SMILES string of the molecule is CNc1cc(C2CCCN2C(=O)c2ccccc2)ccn1. The summed E-state index contributed by atoms with van der Waals surface area (Å²) in [5.74, 6) is 0.951. The third kappa shape index (κ3) is 2.75. The lowest BCUT2D eigenvalue weighted by molar-refractivity contribution is 0.0735. The number of anilines is 1. The maximum atomic E-state index is 12.7. The fraction of sp³-hybridized carbons (Fsp3) is 0.294. The fourth-order valence-corrected chi connectivity index (χ4v) is 2.89. The molecule has 1 fully saturated rings. The largest absolute Gasteiger partial charge is 0.373 e. The van der Waals surface area contributed by atoms with Gasteiger partial charge in [-0.2, -0.15) is 0 Å². The molecule has 4 heteroatoms. The highest BCUT2D eigenvalue weighted by atomic mass is 16.2. The Bertz CT molecular complexity index is 627. The lowest BCUT2D eigenvalue weighted by atomic mass is 10.0. The first-order valence-electron chi connectivity index (χ1n) is 7.29. The Labute approximate surface area is 124 Å². The molecule has 1 atom stereocenters. The van der Waals surface area contributed by atoms with Crippen molar-refractivity contribution >= 4 is 11.7 Å². The van der Waals surface area contributed by atoms with Gasteiger partial charge >= 0.3 is 0 Å². The minimum absolute atomic E-state index is 0.112. The quantitative estimate of drug-likeness (QED) is 0.940. The Morgan fingerprint density at radius 3 is 2.86 bits per heavy atom. The average Bonchev–Trinajstić information content (AvgIpc) is 3.04. The molecule has 4 nitrogen and oxygen atoms in total. The minimum atomic E-state index is 0.112. The van der Waals surface area contributed by atoms with Crippen molar-refractivity contribution in [3.63, 3.8) is 0 Å². The van der Waals surface area contributed by atoms with Crippen molar-refractivity contribution in [2.24, 2.45) is 0 Å². The molecule has 1 aromatic carbocycles. The summed E-state index contributed by atoms with van der Waals surface area (Å²) in [5, 5.41) is 3.05. The Kier molecular flexibility index (Phi) is 3.86. The number of benzene rings is 1. The summed E-state index contributed by atoms with van der Waals surface area (Å²) in [6.07, 6.45) is 3.84. The van der Waals surface area contributed by atoms with Gasteiger partial charge < -0.3 is 10.2 Å². The molecule has 1 N–H and O–H groups in total. The molecule has 1 unspecified atom stereocenters. The van der Waals surface area contributed by atoms with Crippen LogP contribution >= 0.6 is 0 Å². The third-order valence-corrected chi connectivity index (χ3v) is 3.96. The molecule has 1 amide bonds. The number of hydrogen-bond acceptors (Lipinski definition) is 3. The first kappa shape index (κ1) is 13.6. The molecule has 2 aromatic rings. The molecule has 1 aliphatic rings. The second kappa shape index (κ2) is 5.95. The van der Waals surface area contributed by atoms with Crippen molar-refractivity contribution in [1.29, 1.82) is 0 Å². The van der Waals surface area contributed by atoms with E-state index in [0.717, 1.165) is 36.3 Å². The Morgan fingerprint density at radius 2 is 2.10 bits per heavy atom. The molecular formula is C17H19N3O. The standard InChI is InChI=1S/C17H19N3O/c1-18-16-12-14(9-10-19-16)15-8-5-11-20(15)17(21)13-6-3-2-4-7-13/h2-4,6-7,9-10,12,15H,5,8,11H2,1H3,(H,18,19). The van der Waals surface area contributed by atoms with E-state index in [1.807, 2.05) is 54.4 Å². The number of aromatic nitrogens is 1. The van der Waals surface area contributed by atoms with Gasteiger partial charge in [-0.25, -0.2) is 4.98 Å². The summed E-state index contributed by atoms with van der Waals surface area (Å²) in [6.45, 7) is 0.815. The summed E-state index contributed by atoms with van der Waals surface area (Å²) < 4.78 is 0. The highest BCUT2D eigenvalue weighted by Gasteiger charge is 2.30. The highest BCUT2D eigenvalue weighted by Crippen LogP contribution is 2.33. The van der Waals surface area contributed by atoms with Gasteiger partial charge in [-0.15, -0.1) is 0 Å². The van der Waals surface area contributed by atoms with Crippen LogP contribution in [0.1, 0.15) is 34.8 Å². The molecule has 3 rings (SSSR count). The average molecular weight is 281 g/mol. The number of amides is 1. The van der Waals surface area contributed by atoms with Crippen molar-refractivity contribution in [1.82, 2.24) is 9.88 Å². The van der Waals surface area contributed by atoms with Gasteiger partial charge in [-0.05, 0) is 42.7 Å². The molecule has 0 saturated carbocycles. The smallest absolute Gasteiger partial charge is 0.254 e. The fourth-order valence-electron chi connectivity index (χ4n) is 2.89. The van der Waals surface area contributed by atoms with Gasteiger partial charge in [0.2, 0.25) is 0 Å². The molecule has 0 bridgehead atoms. The molecule has 1 saturated heterocycles. The number of carbonyl (C=O) groups excluding carboxylic acids is 1. The molecule has 2 heterocycles. The highest BCUT2D eigenvalue weighted by molar-refractivity contribution is 5.94. The summed E-state index contributed by atoms with van der Waals surface area (Å²) in [7, 11) is 1.85. The van der Waals surface area contributed by atoms with E-state index in [4.69, 9.17) is 0 Å². The number of rotatable bonds is 3. The van der Waals surface area contributed by atoms with E-state index in [0.29, 0.717) is 0 Å². The van der Waals surface area contributed by atoms with Gasteiger partial charge in [0, 0.05) is 25.4 Å². The van der Waals surface area contributed by atoms with Gasteiger partial charge in [-0.1, -0.05) is 18.2 Å². The van der Waals surface area contributed by atoms with E-state index in [2.05, 4.69) is 10.3 Å². The minimum Gasteiger partial charge on any atom is -0.373 e. The lowest BCUT2D eigenvalue weighted by Gasteiger charge is -2.25. The van der Waals surface area contributed by atoms with E-state index >= 15 is 0 Å². The van der Waals surface area contributed by atoms with Crippen LogP contribution in [0.4, 0.5) is 5.82 Å². The molecule has 0 aliphatic carbocycles. The topological polar surface area (TPSA) is 45.2 Å². The number of hydrogen-bond donors (Lipinski definition) is 1. The third-order valence-electron chi connectivity index (χ3n) is 3.96. The monoisotopic (exact) mass is 281 g/mol. The molecule has 0 radical (unpaired) electrons. The van der Waals surface area contributed by atoms with Gasteiger partial charge in [0.15, 0.2) is 0 Å². The van der Waals surface area contributed by atoms with Crippen LogP contribution in [0.25, 0.3) is 0 Å². The zero-order valence-electron chi connectivity index (χ0n) is 12.1. The van der Waals surface area contributed by atoms with Gasteiger partial charge in [0.05, 0.1) is 6.04 Å². The van der Waals surface area contributed by atoms with Gasteiger partial charge in [-0.3, -0.25) is 4.79 Å². The summed E-state index contributed by atoms with van der Waals surface area (Å²) in [6, 6.07) is 13.7. The van der Waals surface area contributed by atoms with Gasteiger partial charge in [0.25, 0.3) is 5.91 Å². The van der Waals surface area contributed by atoms with Crippen LogP contribution in [0.3, 0.4) is 0 Å². The van der Waals surface area contributed by atoms with E-state index in [9.17, 15) is 4.79 Å². The summed E-state index contributed by atoms with van der Waals surface area (Å²) >= 11 is 0. The first-order valence-corrected chi connectivity index (χ1v) is 7.29. The van der Waals surface area contributed by atoms with Crippen LogP contribution in [0.5, 0.6) is 0 Å². The number of carbonyl (C=O) groups is 1. The van der Waals surface area contributed by atoms with Crippen molar-refractivity contribution in [3.05, 3.63) is 59.8 Å². The van der Waals surface area contributed by atoms with Crippen LogP contribution in [0.2, 0.25) is 0 Å². The van der Waals surface area contributed by atoms with E-state index in [1.54, 1.807) is 6.20 Å². The zero-order chi connectivity index (χ0) is 14.7. The molecule has 108 valence electrons. The van der Waals surface area contributed by atoms with Crippen molar-refractivity contribution < 1.29 is 4.79 Å². The Morgan fingerprint density at radius 1 is 1.29 bits per heavy atom. The Balaban J connectivity index is 1.87. The van der Waals surface area contributed by atoms with Crippen molar-refractivity contribution in [3.8, 4) is 0 Å². The van der Waals surface area contributed by atoms with Crippen LogP contribution in [0.15, 0.2) is 48.7 Å². The van der Waals surface area contributed by atoms with E-state index in [1.165, 1.54) is 0 Å². The normalized spacial score (nSPS) is 17.8. The van der Waals surface area contributed by atoms with Crippen LogP contribution in [0, 0.1) is 0 Å². The summed E-state index contributed by atoms with van der Waals surface area (Å²) in [5.41, 5.74) is 1.91. The Hall–Kier alpha value is -2.36. The molecule has 1 aromatic heterocycles. The maximum absolute atomic E-state index is 12.7. The zero-order valence-corrected chi connectivity index (χ0v) is 12.1.